The van der Waals surface area contributed by atoms with Crippen LogP contribution in [-0.2, 0) is 13.6 Å². The van der Waals surface area contributed by atoms with Crippen molar-refractivity contribution < 1.29 is 31.1 Å². The van der Waals surface area contributed by atoms with Gasteiger partial charge in [0, 0.05) is 20.2 Å². The van der Waals surface area contributed by atoms with Crippen LogP contribution in [0.5, 0.6) is 0 Å². The van der Waals surface area contributed by atoms with Crippen LogP contribution in [0.25, 0.3) is 0 Å². The van der Waals surface area contributed by atoms with Crippen LogP contribution >= 0.6 is 43.6 Å². The largest absolute Gasteiger partial charge is 0.335 e. The van der Waals surface area contributed by atoms with Gasteiger partial charge in [-0.05, 0) is 35.3 Å². The molecule has 16 heteroatoms. The highest BCUT2D eigenvalue weighted by atomic mass is 35.7. The van der Waals surface area contributed by atoms with Gasteiger partial charge in [0.15, 0.2) is 0 Å². The standard InChI is InChI=1S/C9H15Cl2F4N4O3P3/c1-20-25(19-4-2-3-5-19)17-23(10)16-24(11,18-25)22-7-9(14,15)8(12,13)6-21-23/h2-7H2,1H3/t23-,24+,25+. The van der Waals surface area contributed by atoms with Gasteiger partial charge in [0.25, 0.3) is 7.58 Å². The van der Waals surface area contributed by atoms with Crippen LogP contribution in [0.15, 0.2) is 13.5 Å². The summed E-state index contributed by atoms with van der Waals surface area (Å²) in [4.78, 5) is 0. The Morgan fingerprint density at radius 1 is 0.920 bits per heavy atom. The van der Waals surface area contributed by atoms with Crippen molar-refractivity contribution in [2.24, 2.45) is 13.5 Å². The van der Waals surface area contributed by atoms with Crippen LogP contribution < -0.4 is 0 Å². The van der Waals surface area contributed by atoms with Gasteiger partial charge in [-0.15, -0.1) is 0 Å². The number of hydrogen-bond donors (Lipinski definition) is 0. The second kappa shape index (κ2) is 6.71. The summed E-state index contributed by atoms with van der Waals surface area (Å²) >= 11 is 12.4. The average Bonchev–Trinajstić information content (AvgIpc) is 3.05. The van der Waals surface area contributed by atoms with Crippen LogP contribution in [0.1, 0.15) is 12.8 Å². The Bertz CT molecular complexity index is 721. The maximum atomic E-state index is 13.8. The lowest BCUT2D eigenvalue weighted by Gasteiger charge is -2.33. The first-order chi connectivity index (χ1) is 11.5. The first-order valence-electron chi connectivity index (χ1n) is 7.12. The van der Waals surface area contributed by atoms with Crippen LogP contribution in [-0.4, -0.2) is 49.9 Å². The van der Waals surface area contributed by atoms with E-state index in [1.54, 1.807) is 4.67 Å². The van der Waals surface area contributed by atoms with Gasteiger partial charge in [-0.3, -0.25) is 0 Å². The van der Waals surface area contributed by atoms with Crippen molar-refractivity contribution in [3.8, 4) is 0 Å². The number of rotatable bonds is 2. The second-order valence-corrected chi connectivity index (χ2v) is 14.7. The fourth-order valence-corrected chi connectivity index (χ4v) is 15.0. The van der Waals surface area contributed by atoms with E-state index in [0.717, 1.165) is 12.8 Å². The summed E-state index contributed by atoms with van der Waals surface area (Å²) < 4.78 is 84.3. The van der Waals surface area contributed by atoms with Gasteiger partial charge in [0.2, 0.25) is 0 Å². The maximum absolute atomic E-state index is 13.8. The lowest BCUT2D eigenvalue weighted by molar-refractivity contribution is -0.231. The zero-order valence-corrected chi connectivity index (χ0v) is 17.1. The summed E-state index contributed by atoms with van der Waals surface area (Å²) in [7, 11) is -1.88. The fraction of sp³-hybridized carbons (Fsp3) is 1.00. The molecule has 0 spiro atoms. The Kier molecular flexibility index (Phi) is 5.52. The van der Waals surface area contributed by atoms with Crippen LogP contribution in [0.3, 0.4) is 0 Å². The molecule has 3 heterocycles. The van der Waals surface area contributed by atoms with Gasteiger partial charge in [0.1, 0.15) is 13.2 Å². The molecular weight excluding hydrogens is 452 g/mol. The van der Waals surface area contributed by atoms with Gasteiger partial charge >= 0.3 is 25.4 Å². The van der Waals surface area contributed by atoms with Gasteiger partial charge in [-0.25, -0.2) is 4.67 Å². The van der Waals surface area contributed by atoms with E-state index in [4.69, 9.17) is 36.1 Å². The van der Waals surface area contributed by atoms with Gasteiger partial charge in [0.05, 0.1) is 0 Å². The molecule has 1 fully saturated rings. The van der Waals surface area contributed by atoms with Gasteiger partial charge in [-0.2, -0.15) is 31.1 Å². The molecule has 146 valence electrons. The monoisotopic (exact) mass is 466 g/mol. The summed E-state index contributed by atoms with van der Waals surface area (Å²) in [6.07, 6.45) is 1.68. The molecule has 0 N–H and O–H groups in total. The lowest BCUT2D eigenvalue weighted by Crippen LogP contribution is -2.46. The van der Waals surface area contributed by atoms with E-state index >= 15 is 0 Å². The maximum Gasteiger partial charge on any atom is 0.335 e. The molecule has 3 aliphatic rings. The molecule has 0 aliphatic carbocycles. The fourth-order valence-electron chi connectivity index (χ4n) is 2.38. The third-order valence-electron chi connectivity index (χ3n) is 3.73. The molecule has 0 unspecified atom stereocenters. The SMILES string of the molecule is CO[P@@]1(N2CCCC2)=N[P@@]2(Cl)=N[P@@](Cl)(=N1)OCC(F)(F)C(F)(F)CO2. The zero-order chi connectivity index (χ0) is 18.6. The molecule has 7 nitrogen and oxygen atoms in total. The summed E-state index contributed by atoms with van der Waals surface area (Å²) in [6.45, 7) is -9.82. The molecule has 3 aliphatic heterocycles. The van der Waals surface area contributed by atoms with Crippen molar-refractivity contribution in [3.05, 3.63) is 0 Å². The highest BCUT2D eigenvalue weighted by Crippen LogP contribution is 2.84. The molecule has 1 saturated heterocycles. The van der Waals surface area contributed by atoms with E-state index in [2.05, 4.69) is 13.5 Å². The quantitative estimate of drug-likeness (QED) is 0.350. The Morgan fingerprint density at radius 2 is 1.40 bits per heavy atom. The van der Waals surface area contributed by atoms with E-state index in [0.29, 0.717) is 13.1 Å². The number of fused-ring (bicyclic) bond motifs is 1. The minimum Gasteiger partial charge on any atom is -0.319 e. The normalized spacial score (nSPS) is 43.8. The van der Waals surface area contributed by atoms with E-state index < -0.39 is 46.2 Å². The molecule has 3 atom stereocenters. The van der Waals surface area contributed by atoms with Gasteiger partial charge < -0.3 is 13.6 Å². The molecule has 3 rings (SSSR count). The molecule has 2 bridgehead atoms. The van der Waals surface area contributed by atoms with Crippen molar-refractivity contribution >= 4 is 43.6 Å². The average molecular weight is 467 g/mol. The third-order valence-corrected chi connectivity index (χ3v) is 14.7. The Balaban J connectivity index is 2.14. The minimum atomic E-state index is -4.52. The molecule has 0 amide bonds. The van der Waals surface area contributed by atoms with Crippen LogP contribution in [0, 0.1) is 0 Å². The van der Waals surface area contributed by atoms with E-state index in [-0.39, 0.29) is 0 Å². The Hall–Kier alpha value is 0.830. The predicted octanol–water partition coefficient (Wildman–Crippen LogP) is 6.38. The first-order valence-corrected chi connectivity index (χ1v) is 13.7. The lowest BCUT2D eigenvalue weighted by atomic mass is 10.2. The third kappa shape index (κ3) is 3.87. The number of hydrogen-bond acceptors (Lipinski definition) is 7. The topological polar surface area (TPSA) is 68.0 Å². The number of alkyl halides is 4. The van der Waals surface area contributed by atoms with Gasteiger partial charge in [-0.1, -0.05) is 0 Å². The van der Waals surface area contributed by atoms with Crippen molar-refractivity contribution in [1.29, 1.82) is 0 Å². The van der Waals surface area contributed by atoms with Crippen molar-refractivity contribution in [1.82, 2.24) is 4.67 Å². The highest BCUT2D eigenvalue weighted by molar-refractivity contribution is 8.00. The molecular formula is C9H15Cl2F4N4O3P3. The summed E-state index contributed by atoms with van der Waals surface area (Å²) in [5, 5.41) is 0. The smallest absolute Gasteiger partial charge is 0.319 e. The van der Waals surface area contributed by atoms with Crippen molar-refractivity contribution in [2.45, 2.75) is 24.7 Å². The van der Waals surface area contributed by atoms with E-state index in [9.17, 15) is 17.6 Å². The number of halogens is 6. The van der Waals surface area contributed by atoms with Crippen molar-refractivity contribution in [2.75, 3.05) is 33.4 Å². The predicted molar refractivity (Wildman–Crippen MR) is 89.4 cm³/mol. The zero-order valence-electron chi connectivity index (χ0n) is 12.9. The van der Waals surface area contributed by atoms with E-state index in [1.165, 1.54) is 7.11 Å². The second-order valence-electron chi connectivity index (χ2n) is 5.53. The number of nitrogens with zero attached hydrogens (tertiary/aromatic N) is 4. The molecule has 0 radical (unpaired) electrons. The molecule has 0 saturated carbocycles. The minimum absolute atomic E-state index is 0.564. The Labute approximate surface area is 151 Å². The molecule has 25 heavy (non-hydrogen) atoms. The first kappa shape index (κ1) is 20.6. The summed E-state index contributed by atoms with van der Waals surface area (Å²) in [6, 6.07) is 0. The molecule has 0 aromatic carbocycles. The highest BCUT2D eigenvalue weighted by Gasteiger charge is 2.59. The molecule has 0 aromatic heterocycles. The van der Waals surface area contributed by atoms with E-state index in [1.807, 2.05) is 0 Å². The van der Waals surface area contributed by atoms with Crippen LogP contribution in [0.4, 0.5) is 17.6 Å². The molecule has 0 aromatic rings. The van der Waals surface area contributed by atoms with Crippen molar-refractivity contribution in [3.63, 3.8) is 0 Å². The summed E-state index contributed by atoms with van der Waals surface area (Å²) in [5.41, 5.74) is 0. The summed E-state index contributed by atoms with van der Waals surface area (Å²) in [5.74, 6) is -9.03. The Morgan fingerprint density at radius 3 is 1.88 bits per heavy atom. The van der Waals surface area contributed by atoms with Crippen LogP contribution in [0.2, 0.25) is 0 Å².